The predicted molar refractivity (Wildman–Crippen MR) is 120 cm³/mol. The fourth-order valence-electron chi connectivity index (χ4n) is 2.71. The first-order chi connectivity index (χ1) is 11.2. The third kappa shape index (κ3) is 4.31. The molecule has 2 aromatic carbocycles. The summed E-state index contributed by atoms with van der Waals surface area (Å²) in [5.41, 5.74) is 5.20. The molecule has 2 rings (SSSR count). The number of benzene rings is 2. The van der Waals surface area contributed by atoms with Crippen LogP contribution in [0.4, 0.5) is 5.69 Å². The molecule has 0 radical (unpaired) electrons. The fraction of sp³-hybridized carbons (Fsp3) is 0.350. The van der Waals surface area contributed by atoms with Crippen molar-refractivity contribution in [1.29, 1.82) is 0 Å². The van der Waals surface area contributed by atoms with Crippen LogP contribution in [0.5, 0.6) is 5.75 Å². The lowest BCUT2D eigenvalue weighted by atomic mass is 9.92. The van der Waals surface area contributed by atoms with Crippen molar-refractivity contribution < 1.29 is 5.11 Å². The summed E-state index contributed by atoms with van der Waals surface area (Å²) < 4.78 is 1.95. The predicted octanol–water partition coefficient (Wildman–Crippen LogP) is 6.99. The van der Waals surface area contributed by atoms with Crippen molar-refractivity contribution >= 4 is 56.6 Å². The van der Waals surface area contributed by atoms with Gasteiger partial charge in [0.25, 0.3) is 0 Å². The number of phenolic OH excluding ortho intramolecular Hbond substituents is 1. The van der Waals surface area contributed by atoms with Crippen LogP contribution in [0.2, 0.25) is 0 Å². The highest BCUT2D eigenvalue weighted by molar-refractivity contribution is 14.1. The molecule has 2 nitrogen and oxygen atoms in total. The standard InChI is InChI=1S/C20H23I2NO/c1-11(2)15-7-6-8-16(12(3)4)19(15)23-13(5)17-9-14(21)10-18(22)20(17)24/h6-12,24H,1-5H3. The maximum absolute atomic E-state index is 10.4. The first kappa shape index (κ1) is 19.7. The molecule has 0 saturated heterocycles. The number of halogens is 2. The SMILES string of the molecule is CC(=Nc1c(C(C)C)cccc1C(C)C)c1cc(I)cc(I)c1O. The van der Waals surface area contributed by atoms with Crippen molar-refractivity contribution in [3.63, 3.8) is 0 Å². The Hall–Kier alpha value is -0.630. The average molecular weight is 547 g/mol. The van der Waals surface area contributed by atoms with Crippen LogP contribution in [-0.4, -0.2) is 10.8 Å². The molecule has 0 fully saturated rings. The van der Waals surface area contributed by atoms with Gasteiger partial charge in [-0.15, -0.1) is 0 Å². The fourth-order valence-corrected chi connectivity index (χ4v) is 4.56. The number of aromatic hydroxyl groups is 1. The normalized spacial score (nSPS) is 12.3. The molecule has 0 spiro atoms. The molecule has 0 unspecified atom stereocenters. The van der Waals surface area contributed by atoms with Gasteiger partial charge in [-0.3, -0.25) is 4.99 Å². The summed E-state index contributed by atoms with van der Waals surface area (Å²) in [7, 11) is 0. The molecular weight excluding hydrogens is 524 g/mol. The molecule has 0 aliphatic rings. The minimum Gasteiger partial charge on any atom is -0.506 e. The van der Waals surface area contributed by atoms with E-state index < -0.39 is 0 Å². The van der Waals surface area contributed by atoms with Crippen LogP contribution < -0.4 is 0 Å². The summed E-state index contributed by atoms with van der Waals surface area (Å²) in [6, 6.07) is 10.4. The van der Waals surface area contributed by atoms with Gasteiger partial charge in [0.2, 0.25) is 0 Å². The first-order valence-electron chi connectivity index (χ1n) is 8.08. The Kier molecular flexibility index (Phi) is 6.70. The van der Waals surface area contributed by atoms with E-state index in [0.29, 0.717) is 17.6 Å². The molecule has 0 saturated carbocycles. The second kappa shape index (κ2) is 8.17. The molecule has 0 aromatic heterocycles. The molecule has 0 aliphatic heterocycles. The first-order valence-corrected chi connectivity index (χ1v) is 10.2. The van der Waals surface area contributed by atoms with Gasteiger partial charge in [-0.2, -0.15) is 0 Å². The Labute approximate surface area is 172 Å². The van der Waals surface area contributed by atoms with Gasteiger partial charge in [-0.05, 0) is 87.2 Å². The van der Waals surface area contributed by atoms with E-state index in [-0.39, 0.29) is 0 Å². The molecular formula is C20H23I2NO. The number of aliphatic imine (C=N–C) groups is 1. The molecule has 4 heteroatoms. The monoisotopic (exact) mass is 547 g/mol. The van der Waals surface area contributed by atoms with Crippen molar-refractivity contribution in [2.24, 2.45) is 4.99 Å². The molecule has 1 N–H and O–H groups in total. The Morgan fingerprint density at radius 3 is 2.04 bits per heavy atom. The smallest absolute Gasteiger partial charge is 0.138 e. The Morgan fingerprint density at radius 2 is 1.54 bits per heavy atom. The molecule has 0 heterocycles. The van der Waals surface area contributed by atoms with Crippen molar-refractivity contribution in [1.82, 2.24) is 0 Å². The van der Waals surface area contributed by atoms with Crippen LogP contribution in [-0.2, 0) is 0 Å². The molecule has 0 amide bonds. The van der Waals surface area contributed by atoms with E-state index in [1.54, 1.807) is 0 Å². The summed E-state index contributed by atoms with van der Waals surface area (Å²) in [6.07, 6.45) is 0. The molecule has 0 atom stereocenters. The number of rotatable bonds is 4. The number of nitrogens with zero attached hydrogens (tertiary/aromatic N) is 1. The zero-order valence-corrected chi connectivity index (χ0v) is 19.0. The molecule has 128 valence electrons. The van der Waals surface area contributed by atoms with Gasteiger partial charge in [-0.25, -0.2) is 0 Å². The number of hydrogen-bond acceptors (Lipinski definition) is 2. The zero-order chi connectivity index (χ0) is 18.0. The number of para-hydroxylation sites is 1. The highest BCUT2D eigenvalue weighted by atomic mass is 127. The van der Waals surface area contributed by atoms with E-state index in [1.807, 2.05) is 19.1 Å². The van der Waals surface area contributed by atoms with Crippen molar-refractivity contribution in [3.05, 3.63) is 54.2 Å². The summed E-state index contributed by atoms with van der Waals surface area (Å²) in [6.45, 7) is 10.8. The summed E-state index contributed by atoms with van der Waals surface area (Å²) in [5.74, 6) is 1.12. The lowest BCUT2D eigenvalue weighted by Crippen LogP contribution is -2.01. The maximum Gasteiger partial charge on any atom is 0.138 e. The van der Waals surface area contributed by atoms with Gasteiger partial charge in [0.1, 0.15) is 5.75 Å². The van der Waals surface area contributed by atoms with Crippen LogP contribution in [0.25, 0.3) is 0 Å². The zero-order valence-electron chi connectivity index (χ0n) is 14.7. The number of hydrogen-bond donors (Lipinski definition) is 1. The van der Waals surface area contributed by atoms with E-state index >= 15 is 0 Å². The second-order valence-electron chi connectivity index (χ2n) is 6.58. The van der Waals surface area contributed by atoms with Gasteiger partial charge in [-0.1, -0.05) is 45.9 Å². The average Bonchev–Trinajstić information content (AvgIpc) is 2.50. The van der Waals surface area contributed by atoms with Crippen molar-refractivity contribution in [2.75, 3.05) is 0 Å². The third-order valence-electron chi connectivity index (χ3n) is 4.04. The molecule has 0 bridgehead atoms. The van der Waals surface area contributed by atoms with Gasteiger partial charge >= 0.3 is 0 Å². The summed E-state index contributed by atoms with van der Waals surface area (Å²) >= 11 is 4.44. The van der Waals surface area contributed by atoms with Crippen LogP contribution in [0.15, 0.2) is 35.3 Å². The van der Waals surface area contributed by atoms with E-state index in [4.69, 9.17) is 4.99 Å². The summed E-state index contributed by atoms with van der Waals surface area (Å²) in [5, 5.41) is 10.4. The van der Waals surface area contributed by atoms with E-state index in [1.165, 1.54) is 11.1 Å². The highest BCUT2D eigenvalue weighted by Gasteiger charge is 2.15. The van der Waals surface area contributed by atoms with Crippen LogP contribution in [0, 0.1) is 7.14 Å². The quantitative estimate of drug-likeness (QED) is 0.325. The van der Waals surface area contributed by atoms with Gasteiger partial charge in [0.05, 0.1) is 9.26 Å². The Bertz CT molecular complexity index is 753. The van der Waals surface area contributed by atoms with Crippen molar-refractivity contribution in [3.8, 4) is 5.75 Å². The highest BCUT2D eigenvalue weighted by Crippen LogP contribution is 2.36. The molecule has 24 heavy (non-hydrogen) atoms. The lowest BCUT2D eigenvalue weighted by molar-refractivity contribution is 0.470. The Balaban J connectivity index is 2.67. The lowest BCUT2D eigenvalue weighted by Gasteiger charge is -2.17. The largest absolute Gasteiger partial charge is 0.506 e. The van der Waals surface area contributed by atoms with Crippen LogP contribution >= 0.6 is 45.2 Å². The minimum atomic E-state index is 0.311. The van der Waals surface area contributed by atoms with E-state index in [9.17, 15) is 5.11 Å². The topological polar surface area (TPSA) is 32.6 Å². The summed E-state index contributed by atoms with van der Waals surface area (Å²) in [4.78, 5) is 4.96. The van der Waals surface area contributed by atoms with Gasteiger partial charge in [0, 0.05) is 14.8 Å². The van der Waals surface area contributed by atoms with Crippen LogP contribution in [0.1, 0.15) is 63.1 Å². The Morgan fingerprint density at radius 1 is 1.00 bits per heavy atom. The van der Waals surface area contributed by atoms with Crippen molar-refractivity contribution in [2.45, 2.75) is 46.5 Å². The van der Waals surface area contributed by atoms with E-state index in [2.05, 4.69) is 91.1 Å². The third-order valence-corrected chi connectivity index (χ3v) is 5.49. The van der Waals surface area contributed by atoms with E-state index in [0.717, 1.165) is 24.1 Å². The maximum atomic E-state index is 10.4. The van der Waals surface area contributed by atoms with Gasteiger partial charge in [0.15, 0.2) is 0 Å². The minimum absolute atomic E-state index is 0.311. The molecule has 0 aliphatic carbocycles. The van der Waals surface area contributed by atoms with Crippen LogP contribution in [0.3, 0.4) is 0 Å². The van der Waals surface area contributed by atoms with Gasteiger partial charge < -0.3 is 5.11 Å². The number of phenols is 1. The second-order valence-corrected chi connectivity index (χ2v) is 8.98. The molecule has 2 aromatic rings.